The van der Waals surface area contributed by atoms with Gasteiger partial charge in [0.25, 0.3) is 5.91 Å². The van der Waals surface area contributed by atoms with Gasteiger partial charge in [0.2, 0.25) is 0 Å². The van der Waals surface area contributed by atoms with E-state index in [1.54, 1.807) is 23.1 Å². The first-order valence-electron chi connectivity index (χ1n) is 11.1. The van der Waals surface area contributed by atoms with E-state index in [1.807, 2.05) is 20.8 Å². The third-order valence-electron chi connectivity index (χ3n) is 5.88. The van der Waals surface area contributed by atoms with E-state index < -0.39 is 5.60 Å². The molecule has 2 aliphatic rings. The Hall–Kier alpha value is -1.99. The zero-order valence-corrected chi connectivity index (χ0v) is 19.5. The summed E-state index contributed by atoms with van der Waals surface area (Å²) in [5.41, 5.74) is -0.0745. The van der Waals surface area contributed by atoms with Gasteiger partial charge in [0.05, 0.1) is 12.2 Å². The standard InChI is InChI=1S/C23H34ClN3O4/c1-22(2,3)31-21(29)27-12-8-23(9-13-27)7-11-25-10-4-14-30-19-15-17(24)5-6-18(19)20(28)26-16-23/h5-6,15,25H,4,7-14,16H2,1-3H3,(H,26,28). The molecule has 2 aliphatic heterocycles. The fraction of sp³-hybridized carbons (Fsp3) is 0.652. The summed E-state index contributed by atoms with van der Waals surface area (Å²) >= 11 is 6.11. The SMILES string of the molecule is CC(C)(C)OC(=O)N1CCC2(CCNCCCOc3cc(Cl)ccc3C(=O)NC2)CC1. The van der Waals surface area contributed by atoms with Crippen molar-refractivity contribution in [3.8, 4) is 5.75 Å². The van der Waals surface area contributed by atoms with E-state index in [0.29, 0.717) is 42.6 Å². The Morgan fingerprint density at radius 2 is 1.94 bits per heavy atom. The van der Waals surface area contributed by atoms with E-state index >= 15 is 0 Å². The summed E-state index contributed by atoms with van der Waals surface area (Å²) in [6.07, 6.45) is 3.14. The first-order valence-corrected chi connectivity index (χ1v) is 11.4. The molecule has 0 atom stereocenters. The molecule has 0 aliphatic carbocycles. The summed E-state index contributed by atoms with van der Waals surface area (Å²) in [6.45, 7) is 9.66. The molecule has 1 saturated heterocycles. The first kappa shape index (κ1) is 23.7. The monoisotopic (exact) mass is 451 g/mol. The minimum Gasteiger partial charge on any atom is -0.493 e. The molecular weight excluding hydrogens is 418 g/mol. The predicted molar refractivity (Wildman–Crippen MR) is 121 cm³/mol. The highest BCUT2D eigenvalue weighted by Crippen LogP contribution is 2.35. The van der Waals surface area contributed by atoms with Crippen molar-refractivity contribution in [1.29, 1.82) is 0 Å². The van der Waals surface area contributed by atoms with Crippen LogP contribution in [0.15, 0.2) is 18.2 Å². The normalized spacial score (nSPS) is 20.4. The number of halogens is 1. The van der Waals surface area contributed by atoms with Crippen LogP contribution in [0, 0.1) is 5.41 Å². The second-order valence-electron chi connectivity index (χ2n) is 9.49. The molecule has 0 aromatic heterocycles. The van der Waals surface area contributed by atoms with Crippen LogP contribution in [-0.4, -0.2) is 61.8 Å². The number of amides is 2. The van der Waals surface area contributed by atoms with Crippen molar-refractivity contribution in [1.82, 2.24) is 15.5 Å². The predicted octanol–water partition coefficient (Wildman–Crippen LogP) is 3.85. The molecule has 1 spiro atoms. The Balaban J connectivity index is 1.70. The number of nitrogens with zero attached hydrogens (tertiary/aromatic N) is 1. The van der Waals surface area contributed by atoms with E-state index in [9.17, 15) is 9.59 Å². The Bertz CT molecular complexity index is 786. The molecule has 8 heteroatoms. The Morgan fingerprint density at radius 3 is 2.65 bits per heavy atom. The molecule has 1 aromatic rings. The second kappa shape index (κ2) is 10.1. The van der Waals surface area contributed by atoms with E-state index in [1.165, 1.54) is 0 Å². The molecule has 2 N–H and O–H groups in total. The number of benzene rings is 1. The van der Waals surface area contributed by atoms with Crippen LogP contribution in [0.1, 0.15) is 56.8 Å². The Kier molecular flexibility index (Phi) is 7.70. The van der Waals surface area contributed by atoms with E-state index in [4.69, 9.17) is 21.1 Å². The molecule has 7 nitrogen and oxygen atoms in total. The van der Waals surface area contributed by atoms with Crippen molar-refractivity contribution in [3.05, 3.63) is 28.8 Å². The molecule has 1 fully saturated rings. The summed E-state index contributed by atoms with van der Waals surface area (Å²) in [4.78, 5) is 27.2. The summed E-state index contributed by atoms with van der Waals surface area (Å²) in [5.74, 6) is 0.353. The van der Waals surface area contributed by atoms with Crippen LogP contribution in [0.2, 0.25) is 5.02 Å². The molecular formula is C23H34ClN3O4. The number of carbonyl (C=O) groups is 2. The van der Waals surface area contributed by atoms with Crippen molar-refractivity contribution in [3.63, 3.8) is 0 Å². The molecule has 0 unspecified atom stereocenters. The molecule has 0 saturated carbocycles. The number of fused-ring (bicyclic) bond motifs is 1. The van der Waals surface area contributed by atoms with Gasteiger partial charge in [0.1, 0.15) is 11.4 Å². The number of hydrogen-bond acceptors (Lipinski definition) is 5. The van der Waals surface area contributed by atoms with E-state index in [-0.39, 0.29) is 17.4 Å². The van der Waals surface area contributed by atoms with Crippen molar-refractivity contribution >= 4 is 23.6 Å². The maximum Gasteiger partial charge on any atom is 0.410 e. The highest BCUT2D eigenvalue weighted by Gasteiger charge is 2.37. The van der Waals surface area contributed by atoms with Crippen molar-refractivity contribution in [2.75, 3.05) is 39.3 Å². The van der Waals surface area contributed by atoms with E-state index in [0.717, 1.165) is 38.8 Å². The van der Waals surface area contributed by atoms with Crippen molar-refractivity contribution < 1.29 is 19.1 Å². The average molecular weight is 452 g/mol. The van der Waals surface area contributed by atoms with Crippen LogP contribution in [0.4, 0.5) is 4.79 Å². The Labute approximate surface area is 189 Å². The number of carbonyl (C=O) groups excluding carboxylic acids is 2. The Morgan fingerprint density at radius 1 is 1.19 bits per heavy atom. The molecule has 31 heavy (non-hydrogen) atoms. The lowest BCUT2D eigenvalue weighted by Crippen LogP contribution is -2.49. The third-order valence-corrected chi connectivity index (χ3v) is 6.11. The zero-order valence-electron chi connectivity index (χ0n) is 18.8. The van der Waals surface area contributed by atoms with Gasteiger partial charge in [-0.1, -0.05) is 11.6 Å². The van der Waals surface area contributed by atoms with E-state index in [2.05, 4.69) is 10.6 Å². The van der Waals surface area contributed by atoms with Crippen LogP contribution < -0.4 is 15.4 Å². The van der Waals surface area contributed by atoms with Gasteiger partial charge in [-0.05, 0) is 83.2 Å². The summed E-state index contributed by atoms with van der Waals surface area (Å²) in [7, 11) is 0. The van der Waals surface area contributed by atoms with Gasteiger partial charge < -0.3 is 25.0 Å². The van der Waals surface area contributed by atoms with Crippen LogP contribution in [0.5, 0.6) is 5.75 Å². The van der Waals surface area contributed by atoms with Crippen LogP contribution in [0.3, 0.4) is 0 Å². The minimum absolute atomic E-state index is 0.0668. The summed E-state index contributed by atoms with van der Waals surface area (Å²) in [6, 6.07) is 5.11. The fourth-order valence-electron chi connectivity index (χ4n) is 4.03. The lowest BCUT2D eigenvalue weighted by Gasteiger charge is -2.42. The van der Waals surface area contributed by atoms with Crippen LogP contribution in [-0.2, 0) is 4.74 Å². The summed E-state index contributed by atoms with van der Waals surface area (Å²) < 4.78 is 11.4. The third kappa shape index (κ3) is 6.74. The number of piperidine rings is 1. The molecule has 0 bridgehead atoms. The maximum atomic E-state index is 12.9. The molecule has 0 radical (unpaired) electrons. The van der Waals surface area contributed by atoms with Crippen LogP contribution in [0.25, 0.3) is 0 Å². The molecule has 3 rings (SSSR count). The highest BCUT2D eigenvalue weighted by molar-refractivity contribution is 6.30. The number of likely N-dealkylation sites (tertiary alicyclic amines) is 1. The molecule has 172 valence electrons. The molecule has 1 aromatic carbocycles. The van der Waals surface area contributed by atoms with Gasteiger partial charge in [0.15, 0.2) is 0 Å². The molecule has 2 amide bonds. The van der Waals surface area contributed by atoms with Crippen molar-refractivity contribution in [2.24, 2.45) is 5.41 Å². The summed E-state index contributed by atoms with van der Waals surface area (Å²) in [5, 5.41) is 7.14. The number of rotatable bonds is 0. The highest BCUT2D eigenvalue weighted by atomic mass is 35.5. The van der Waals surface area contributed by atoms with Gasteiger partial charge in [-0.2, -0.15) is 0 Å². The van der Waals surface area contributed by atoms with Gasteiger partial charge >= 0.3 is 6.09 Å². The second-order valence-corrected chi connectivity index (χ2v) is 9.93. The number of ether oxygens (including phenoxy) is 2. The largest absolute Gasteiger partial charge is 0.493 e. The minimum atomic E-state index is -0.506. The smallest absolute Gasteiger partial charge is 0.410 e. The zero-order chi connectivity index (χ0) is 22.5. The van der Waals surface area contributed by atoms with Gasteiger partial charge in [0, 0.05) is 24.7 Å². The van der Waals surface area contributed by atoms with Gasteiger partial charge in [-0.25, -0.2) is 4.79 Å². The quantitative estimate of drug-likeness (QED) is 0.626. The van der Waals surface area contributed by atoms with Crippen LogP contribution >= 0.6 is 11.6 Å². The maximum absolute atomic E-state index is 12.9. The number of hydrogen-bond donors (Lipinski definition) is 2. The fourth-order valence-corrected chi connectivity index (χ4v) is 4.19. The van der Waals surface area contributed by atoms with Crippen molar-refractivity contribution in [2.45, 2.75) is 52.1 Å². The number of nitrogens with one attached hydrogen (secondary N) is 2. The van der Waals surface area contributed by atoms with Gasteiger partial charge in [-0.15, -0.1) is 0 Å². The van der Waals surface area contributed by atoms with Gasteiger partial charge in [-0.3, -0.25) is 4.79 Å². The first-order chi connectivity index (χ1) is 14.7. The lowest BCUT2D eigenvalue weighted by atomic mass is 9.75. The molecule has 2 heterocycles. The topological polar surface area (TPSA) is 79.9 Å². The lowest BCUT2D eigenvalue weighted by molar-refractivity contribution is 0.00885. The average Bonchev–Trinajstić information content (AvgIpc) is 2.71.